The highest BCUT2D eigenvalue weighted by molar-refractivity contribution is 7.12. The second kappa shape index (κ2) is 8.30. The van der Waals surface area contributed by atoms with Crippen molar-refractivity contribution in [1.82, 2.24) is 10.3 Å². The van der Waals surface area contributed by atoms with Crippen LogP contribution in [0.4, 0.5) is 0 Å². The molecule has 108 valence electrons. The maximum absolute atomic E-state index is 11.7. The molecule has 0 fully saturated rings. The molecule has 0 unspecified atom stereocenters. The quantitative estimate of drug-likeness (QED) is 0.438. The van der Waals surface area contributed by atoms with Gasteiger partial charge >= 0.3 is 0 Å². The second-order valence-corrected chi connectivity index (χ2v) is 5.67. The average molecular weight is 283 g/mol. The van der Waals surface area contributed by atoms with Crippen molar-refractivity contribution in [2.24, 2.45) is 11.8 Å². The van der Waals surface area contributed by atoms with Crippen LogP contribution >= 0.6 is 11.3 Å². The van der Waals surface area contributed by atoms with E-state index in [4.69, 9.17) is 5.84 Å². The molecule has 4 nitrogen and oxygen atoms in total. The zero-order chi connectivity index (χ0) is 14.3. The minimum atomic E-state index is -0.191. The molecule has 0 spiro atoms. The third kappa shape index (κ3) is 4.60. The molecule has 3 N–H and O–H groups in total. The summed E-state index contributed by atoms with van der Waals surface area (Å²) in [5.41, 5.74) is 3.29. The van der Waals surface area contributed by atoms with Crippen LogP contribution in [0.3, 0.4) is 0 Å². The van der Waals surface area contributed by atoms with Crippen molar-refractivity contribution in [1.29, 1.82) is 0 Å². The van der Waals surface area contributed by atoms with Gasteiger partial charge in [0.05, 0.1) is 4.88 Å². The minimum absolute atomic E-state index is 0.191. The summed E-state index contributed by atoms with van der Waals surface area (Å²) < 4.78 is 0. The van der Waals surface area contributed by atoms with Crippen molar-refractivity contribution < 1.29 is 4.79 Å². The monoisotopic (exact) mass is 283 g/mol. The standard InChI is InChI=1S/C14H25N3OS/c1-4-11(5-2)9-17(6-3)10-12-7-8-19-13(12)14(18)16-15/h7-8,11H,4-6,9-10,15H2,1-3H3,(H,16,18). The van der Waals surface area contributed by atoms with Crippen LogP contribution in [0, 0.1) is 5.92 Å². The number of nitrogens with two attached hydrogens (primary N) is 1. The smallest absolute Gasteiger partial charge is 0.275 e. The highest BCUT2D eigenvalue weighted by Gasteiger charge is 2.16. The summed E-state index contributed by atoms with van der Waals surface area (Å²) >= 11 is 1.45. The maximum atomic E-state index is 11.7. The zero-order valence-corrected chi connectivity index (χ0v) is 12.9. The summed E-state index contributed by atoms with van der Waals surface area (Å²) in [6, 6.07) is 2.02. The Labute approximate surface area is 120 Å². The van der Waals surface area contributed by atoms with Crippen LogP contribution in [0.25, 0.3) is 0 Å². The number of hydrazine groups is 1. The molecule has 1 rings (SSSR count). The molecule has 1 aromatic heterocycles. The van der Waals surface area contributed by atoms with Crippen LogP contribution in [0.1, 0.15) is 48.8 Å². The number of hydrogen-bond donors (Lipinski definition) is 2. The fourth-order valence-corrected chi connectivity index (χ4v) is 3.00. The number of carbonyl (C=O) groups is 1. The normalized spacial score (nSPS) is 11.3. The minimum Gasteiger partial charge on any atom is -0.299 e. The topological polar surface area (TPSA) is 58.4 Å². The summed E-state index contributed by atoms with van der Waals surface area (Å²) in [6.07, 6.45) is 2.40. The molecule has 1 heterocycles. The van der Waals surface area contributed by atoms with Crippen LogP contribution < -0.4 is 11.3 Å². The third-order valence-corrected chi connectivity index (χ3v) is 4.55. The van der Waals surface area contributed by atoms with Crippen LogP contribution in [0.15, 0.2) is 11.4 Å². The first kappa shape index (κ1) is 16.1. The maximum Gasteiger partial charge on any atom is 0.275 e. The lowest BCUT2D eigenvalue weighted by Crippen LogP contribution is -2.32. The van der Waals surface area contributed by atoms with Gasteiger partial charge in [0.15, 0.2) is 0 Å². The van der Waals surface area contributed by atoms with Crippen molar-refractivity contribution >= 4 is 17.2 Å². The Morgan fingerprint density at radius 1 is 1.42 bits per heavy atom. The number of nitrogens with zero attached hydrogens (tertiary/aromatic N) is 1. The lowest BCUT2D eigenvalue weighted by Gasteiger charge is -2.25. The molecule has 0 aliphatic carbocycles. The Morgan fingerprint density at radius 2 is 2.11 bits per heavy atom. The summed E-state index contributed by atoms with van der Waals surface area (Å²) in [7, 11) is 0. The molecule has 1 amide bonds. The summed E-state index contributed by atoms with van der Waals surface area (Å²) in [6.45, 7) is 9.54. The molecule has 0 aromatic carbocycles. The highest BCUT2D eigenvalue weighted by Crippen LogP contribution is 2.20. The van der Waals surface area contributed by atoms with Gasteiger partial charge in [0.2, 0.25) is 0 Å². The van der Waals surface area contributed by atoms with Gasteiger partial charge in [-0.1, -0.05) is 33.6 Å². The molecule has 0 aliphatic rings. The van der Waals surface area contributed by atoms with Gasteiger partial charge < -0.3 is 0 Å². The third-order valence-electron chi connectivity index (χ3n) is 3.60. The van der Waals surface area contributed by atoms with E-state index in [-0.39, 0.29) is 5.91 Å². The van der Waals surface area contributed by atoms with Gasteiger partial charge in [-0.3, -0.25) is 15.1 Å². The van der Waals surface area contributed by atoms with E-state index in [2.05, 4.69) is 31.1 Å². The van der Waals surface area contributed by atoms with E-state index in [9.17, 15) is 4.79 Å². The summed E-state index contributed by atoms with van der Waals surface area (Å²) in [4.78, 5) is 14.8. The van der Waals surface area contributed by atoms with Gasteiger partial charge in [-0.05, 0) is 29.5 Å². The molecule has 0 radical (unpaired) electrons. The molecule has 19 heavy (non-hydrogen) atoms. The molecule has 0 bridgehead atoms. The molecule has 0 saturated carbocycles. The van der Waals surface area contributed by atoms with Gasteiger partial charge in [0, 0.05) is 13.1 Å². The predicted octanol–water partition coefficient (Wildman–Crippen LogP) is 2.61. The number of amides is 1. The molecule has 0 atom stereocenters. The van der Waals surface area contributed by atoms with E-state index < -0.39 is 0 Å². The van der Waals surface area contributed by atoms with Gasteiger partial charge in [-0.15, -0.1) is 11.3 Å². The van der Waals surface area contributed by atoms with E-state index in [1.54, 1.807) is 0 Å². The first-order valence-corrected chi connectivity index (χ1v) is 7.83. The number of rotatable bonds is 8. The van der Waals surface area contributed by atoms with Crippen LogP contribution in [-0.2, 0) is 6.54 Å². The van der Waals surface area contributed by atoms with Gasteiger partial charge in [0.25, 0.3) is 5.91 Å². The van der Waals surface area contributed by atoms with E-state index in [1.165, 1.54) is 24.2 Å². The van der Waals surface area contributed by atoms with Crippen LogP contribution in [0.5, 0.6) is 0 Å². The van der Waals surface area contributed by atoms with Crippen LogP contribution in [0.2, 0.25) is 0 Å². The fourth-order valence-electron chi connectivity index (χ4n) is 2.18. The lowest BCUT2D eigenvalue weighted by atomic mass is 10.0. The SMILES string of the molecule is CCC(CC)CN(CC)Cc1ccsc1C(=O)NN. The highest BCUT2D eigenvalue weighted by atomic mass is 32.1. The van der Waals surface area contributed by atoms with Gasteiger partial charge in [0.1, 0.15) is 0 Å². The number of nitrogens with one attached hydrogen (secondary N) is 1. The Balaban J connectivity index is 2.70. The molecule has 0 saturated heterocycles. The van der Waals surface area contributed by atoms with E-state index in [0.29, 0.717) is 0 Å². The van der Waals surface area contributed by atoms with Crippen molar-refractivity contribution in [3.63, 3.8) is 0 Å². The van der Waals surface area contributed by atoms with Crippen molar-refractivity contribution in [2.75, 3.05) is 13.1 Å². The number of thiophene rings is 1. The second-order valence-electron chi connectivity index (χ2n) is 4.76. The number of carbonyl (C=O) groups excluding carboxylic acids is 1. The molecular formula is C14H25N3OS. The van der Waals surface area contributed by atoms with Crippen molar-refractivity contribution in [3.8, 4) is 0 Å². The lowest BCUT2D eigenvalue weighted by molar-refractivity contribution is 0.0955. The fraction of sp³-hybridized carbons (Fsp3) is 0.643. The Kier molecular flexibility index (Phi) is 7.05. The van der Waals surface area contributed by atoms with E-state index >= 15 is 0 Å². The Morgan fingerprint density at radius 3 is 2.63 bits per heavy atom. The average Bonchev–Trinajstić information content (AvgIpc) is 2.90. The van der Waals surface area contributed by atoms with Crippen LogP contribution in [-0.4, -0.2) is 23.9 Å². The first-order chi connectivity index (χ1) is 9.15. The molecule has 5 heteroatoms. The largest absolute Gasteiger partial charge is 0.299 e. The van der Waals surface area contributed by atoms with Gasteiger partial charge in [-0.25, -0.2) is 5.84 Å². The first-order valence-electron chi connectivity index (χ1n) is 6.95. The number of hydrogen-bond acceptors (Lipinski definition) is 4. The van der Waals surface area contributed by atoms with E-state index in [1.807, 2.05) is 11.4 Å². The Bertz CT molecular complexity index is 388. The predicted molar refractivity (Wildman–Crippen MR) is 81.0 cm³/mol. The van der Waals surface area contributed by atoms with Crippen molar-refractivity contribution in [3.05, 3.63) is 21.9 Å². The van der Waals surface area contributed by atoms with E-state index in [0.717, 1.165) is 36.0 Å². The summed E-state index contributed by atoms with van der Waals surface area (Å²) in [5.74, 6) is 5.75. The molecular weight excluding hydrogens is 258 g/mol. The van der Waals surface area contributed by atoms with Gasteiger partial charge in [-0.2, -0.15) is 0 Å². The Hall–Kier alpha value is -0.910. The van der Waals surface area contributed by atoms with Crippen molar-refractivity contribution in [2.45, 2.75) is 40.2 Å². The number of nitrogen functional groups attached to an aromatic ring is 1. The molecule has 1 aromatic rings. The molecule has 0 aliphatic heterocycles. The zero-order valence-electron chi connectivity index (χ0n) is 12.1. The summed E-state index contributed by atoms with van der Waals surface area (Å²) in [5, 5.41) is 1.95.